The van der Waals surface area contributed by atoms with E-state index < -0.39 is 11.4 Å². The van der Waals surface area contributed by atoms with Gasteiger partial charge in [0.2, 0.25) is 5.91 Å². The Bertz CT molecular complexity index is 663. The van der Waals surface area contributed by atoms with Crippen molar-refractivity contribution in [3.8, 4) is 0 Å². The number of nitrogens with two attached hydrogens (primary N) is 2. The molecular weight excluding hydrogens is 389 g/mol. The standard InChI is InChI=1S/C18H27N5O2.2ClH/c1-18(20)7-3-2-6-14(18)17(25)23-11-9-22(10-12-23)16-13(15(19)24)5-4-8-21-16;;/h4-5,8,14H,2-3,6-7,9-12,20H2,1H3,(H2,19,24);2*1H. The summed E-state index contributed by atoms with van der Waals surface area (Å²) in [5.74, 6) is 0.190. The van der Waals surface area contributed by atoms with E-state index in [1.54, 1.807) is 18.3 Å². The molecule has 1 aliphatic heterocycles. The van der Waals surface area contributed by atoms with E-state index in [2.05, 4.69) is 4.98 Å². The number of piperazine rings is 1. The Kier molecular flexibility index (Phi) is 8.32. The van der Waals surface area contributed by atoms with Crippen molar-refractivity contribution in [1.82, 2.24) is 9.88 Å². The van der Waals surface area contributed by atoms with Crippen LogP contribution < -0.4 is 16.4 Å². The molecule has 3 rings (SSSR count). The number of primary amides is 1. The van der Waals surface area contributed by atoms with Crippen LogP contribution in [0.3, 0.4) is 0 Å². The van der Waals surface area contributed by atoms with Gasteiger partial charge in [-0.25, -0.2) is 4.98 Å². The van der Waals surface area contributed by atoms with E-state index in [0.29, 0.717) is 37.6 Å². The monoisotopic (exact) mass is 417 g/mol. The molecule has 2 heterocycles. The topological polar surface area (TPSA) is 106 Å². The lowest BCUT2D eigenvalue weighted by atomic mass is 9.74. The van der Waals surface area contributed by atoms with E-state index in [9.17, 15) is 9.59 Å². The molecule has 7 nitrogen and oxygen atoms in total. The van der Waals surface area contributed by atoms with Crippen LogP contribution in [0.4, 0.5) is 5.82 Å². The van der Waals surface area contributed by atoms with Gasteiger partial charge in [0.1, 0.15) is 5.82 Å². The number of halogens is 2. The minimum absolute atomic E-state index is 0. The Balaban J connectivity index is 0.00000182. The fraction of sp³-hybridized carbons (Fsp3) is 0.611. The smallest absolute Gasteiger partial charge is 0.252 e. The molecule has 27 heavy (non-hydrogen) atoms. The van der Waals surface area contributed by atoms with Crippen molar-refractivity contribution >= 4 is 42.4 Å². The molecule has 0 bridgehead atoms. The summed E-state index contributed by atoms with van der Waals surface area (Å²) in [4.78, 5) is 32.8. The van der Waals surface area contributed by atoms with Crippen molar-refractivity contribution in [2.45, 2.75) is 38.1 Å². The Hall–Kier alpha value is -1.57. The Morgan fingerprint density at radius 2 is 1.85 bits per heavy atom. The summed E-state index contributed by atoms with van der Waals surface area (Å²) < 4.78 is 0. The second-order valence-corrected chi connectivity index (χ2v) is 7.36. The highest BCUT2D eigenvalue weighted by Crippen LogP contribution is 2.33. The summed E-state index contributed by atoms with van der Waals surface area (Å²) in [6.07, 6.45) is 5.60. The number of carbonyl (C=O) groups is 2. The van der Waals surface area contributed by atoms with Gasteiger partial charge in [0, 0.05) is 37.9 Å². The lowest BCUT2D eigenvalue weighted by Gasteiger charge is -2.42. The maximum absolute atomic E-state index is 12.9. The average Bonchev–Trinajstić information content (AvgIpc) is 2.61. The molecule has 2 aliphatic rings. The van der Waals surface area contributed by atoms with E-state index in [1.807, 2.05) is 16.7 Å². The molecular formula is C18H29Cl2N5O2. The minimum Gasteiger partial charge on any atom is -0.365 e. The molecule has 4 N–H and O–H groups in total. The molecule has 1 aromatic rings. The van der Waals surface area contributed by atoms with Crippen LogP contribution in [0.5, 0.6) is 0 Å². The molecule has 9 heteroatoms. The van der Waals surface area contributed by atoms with Crippen molar-refractivity contribution in [3.05, 3.63) is 23.9 Å². The highest BCUT2D eigenvalue weighted by Gasteiger charge is 2.40. The highest BCUT2D eigenvalue weighted by molar-refractivity contribution is 5.97. The number of rotatable bonds is 3. The van der Waals surface area contributed by atoms with Crippen LogP contribution in [-0.2, 0) is 4.79 Å². The lowest BCUT2D eigenvalue weighted by Crippen LogP contribution is -2.57. The number of hydrogen-bond acceptors (Lipinski definition) is 5. The van der Waals surface area contributed by atoms with E-state index in [0.717, 1.165) is 25.7 Å². The number of hydrogen-bond donors (Lipinski definition) is 2. The first-order chi connectivity index (χ1) is 11.9. The van der Waals surface area contributed by atoms with Gasteiger partial charge in [-0.15, -0.1) is 24.8 Å². The van der Waals surface area contributed by atoms with Crippen molar-refractivity contribution in [3.63, 3.8) is 0 Å². The van der Waals surface area contributed by atoms with Gasteiger partial charge in [-0.2, -0.15) is 0 Å². The molecule has 2 atom stereocenters. The number of anilines is 1. The molecule has 2 amide bonds. The molecule has 152 valence electrons. The molecule has 2 unspecified atom stereocenters. The molecule has 2 fully saturated rings. The normalized spacial score (nSPS) is 25.2. The number of pyridine rings is 1. The largest absolute Gasteiger partial charge is 0.365 e. The molecule has 0 radical (unpaired) electrons. The Morgan fingerprint density at radius 3 is 2.44 bits per heavy atom. The second-order valence-electron chi connectivity index (χ2n) is 7.36. The highest BCUT2D eigenvalue weighted by atomic mass is 35.5. The van der Waals surface area contributed by atoms with Crippen molar-refractivity contribution < 1.29 is 9.59 Å². The number of carbonyl (C=O) groups excluding carboxylic acids is 2. The summed E-state index contributed by atoms with van der Waals surface area (Å²) >= 11 is 0. The average molecular weight is 418 g/mol. The summed E-state index contributed by atoms with van der Waals surface area (Å²) in [6, 6.07) is 3.39. The van der Waals surface area contributed by atoms with Crippen LogP contribution >= 0.6 is 24.8 Å². The van der Waals surface area contributed by atoms with E-state index in [4.69, 9.17) is 11.5 Å². The molecule has 0 spiro atoms. The summed E-state index contributed by atoms with van der Waals surface area (Å²) in [6.45, 7) is 4.49. The molecule has 1 aliphatic carbocycles. The first-order valence-corrected chi connectivity index (χ1v) is 8.97. The van der Waals surface area contributed by atoms with Crippen LogP contribution in [0, 0.1) is 5.92 Å². The van der Waals surface area contributed by atoms with Crippen LogP contribution in [-0.4, -0.2) is 53.4 Å². The Morgan fingerprint density at radius 1 is 1.19 bits per heavy atom. The zero-order chi connectivity index (χ0) is 18.0. The fourth-order valence-corrected chi connectivity index (χ4v) is 3.96. The van der Waals surface area contributed by atoms with Crippen molar-refractivity contribution in [1.29, 1.82) is 0 Å². The molecule has 1 saturated heterocycles. The Labute approximate surface area is 172 Å². The van der Waals surface area contributed by atoms with Crippen molar-refractivity contribution in [2.24, 2.45) is 17.4 Å². The van der Waals surface area contributed by atoms with Crippen LogP contribution in [0.2, 0.25) is 0 Å². The maximum Gasteiger partial charge on any atom is 0.252 e. The van der Waals surface area contributed by atoms with Crippen LogP contribution in [0.1, 0.15) is 43.0 Å². The molecule has 1 saturated carbocycles. The third-order valence-electron chi connectivity index (χ3n) is 5.50. The predicted octanol–water partition coefficient (Wildman–Crippen LogP) is 1.58. The van der Waals surface area contributed by atoms with E-state index in [-0.39, 0.29) is 36.6 Å². The predicted molar refractivity (Wildman–Crippen MR) is 111 cm³/mol. The maximum atomic E-state index is 12.9. The van der Waals surface area contributed by atoms with E-state index in [1.165, 1.54) is 0 Å². The number of aromatic nitrogens is 1. The second kappa shape index (κ2) is 9.57. The van der Waals surface area contributed by atoms with Gasteiger partial charge in [0.25, 0.3) is 5.91 Å². The number of amides is 2. The third-order valence-corrected chi connectivity index (χ3v) is 5.50. The first-order valence-electron chi connectivity index (χ1n) is 8.97. The van der Waals surface area contributed by atoms with Gasteiger partial charge in [0.15, 0.2) is 0 Å². The number of nitrogens with zero attached hydrogens (tertiary/aromatic N) is 3. The zero-order valence-corrected chi connectivity index (χ0v) is 17.2. The first kappa shape index (κ1) is 23.5. The quantitative estimate of drug-likeness (QED) is 0.776. The summed E-state index contributed by atoms with van der Waals surface area (Å²) in [7, 11) is 0. The van der Waals surface area contributed by atoms with Gasteiger partial charge in [-0.1, -0.05) is 12.8 Å². The molecule has 1 aromatic heterocycles. The van der Waals surface area contributed by atoms with Crippen LogP contribution in [0.15, 0.2) is 18.3 Å². The zero-order valence-electron chi connectivity index (χ0n) is 15.6. The van der Waals surface area contributed by atoms with Gasteiger partial charge >= 0.3 is 0 Å². The van der Waals surface area contributed by atoms with Gasteiger partial charge in [0.05, 0.1) is 11.5 Å². The van der Waals surface area contributed by atoms with Gasteiger partial charge < -0.3 is 21.3 Å². The molecule has 0 aromatic carbocycles. The minimum atomic E-state index is -0.484. The van der Waals surface area contributed by atoms with Gasteiger partial charge in [-0.05, 0) is 31.9 Å². The summed E-state index contributed by atoms with van der Waals surface area (Å²) in [5.41, 5.74) is 11.8. The van der Waals surface area contributed by atoms with Crippen molar-refractivity contribution in [2.75, 3.05) is 31.1 Å². The van der Waals surface area contributed by atoms with Gasteiger partial charge in [-0.3, -0.25) is 9.59 Å². The SMILES string of the molecule is CC1(N)CCCCC1C(=O)N1CCN(c2ncccc2C(N)=O)CC1.Cl.Cl. The lowest BCUT2D eigenvalue weighted by molar-refractivity contribution is -0.139. The third kappa shape index (κ3) is 5.03. The van der Waals surface area contributed by atoms with E-state index >= 15 is 0 Å². The summed E-state index contributed by atoms with van der Waals surface area (Å²) in [5, 5.41) is 0. The fourth-order valence-electron chi connectivity index (χ4n) is 3.96. The van der Waals surface area contributed by atoms with Crippen LogP contribution in [0.25, 0.3) is 0 Å².